The van der Waals surface area contributed by atoms with Crippen LogP contribution in [0.5, 0.6) is 5.75 Å². The van der Waals surface area contributed by atoms with Crippen LogP contribution in [0, 0.1) is 11.6 Å². The summed E-state index contributed by atoms with van der Waals surface area (Å²) in [4.78, 5) is 9.56. The van der Waals surface area contributed by atoms with Crippen molar-refractivity contribution < 1.29 is 18.6 Å². The lowest BCUT2D eigenvalue weighted by Crippen LogP contribution is -2.48. The summed E-state index contributed by atoms with van der Waals surface area (Å²) in [6.07, 6.45) is 1.24. The maximum atomic E-state index is 13.2. The third kappa shape index (κ3) is 4.65. The third-order valence-electron chi connectivity index (χ3n) is 4.03. The fraction of sp³-hybridized carbons (Fsp3) is 0.471. The van der Waals surface area contributed by atoms with Crippen LogP contribution in [0.4, 0.5) is 13.9 Å². The first-order valence-electron chi connectivity index (χ1n) is 8.06. The van der Waals surface area contributed by atoms with Crippen molar-refractivity contribution in [2.75, 3.05) is 32.1 Å². The van der Waals surface area contributed by atoms with Gasteiger partial charge in [-0.1, -0.05) is 0 Å². The number of rotatable bonds is 5. The van der Waals surface area contributed by atoms with Gasteiger partial charge in [-0.15, -0.1) is 11.3 Å². The summed E-state index contributed by atoms with van der Waals surface area (Å²) >= 11 is 1.62. The largest absolute Gasteiger partial charge is 0.487 e. The highest BCUT2D eigenvalue weighted by atomic mass is 32.1. The number of hydrogen-bond acceptors (Lipinski definition) is 6. The van der Waals surface area contributed by atoms with Crippen molar-refractivity contribution in [2.24, 2.45) is 0 Å². The summed E-state index contributed by atoms with van der Waals surface area (Å²) in [5.41, 5.74) is 0. The van der Waals surface area contributed by atoms with E-state index in [0.717, 1.165) is 34.8 Å². The highest BCUT2D eigenvalue weighted by Crippen LogP contribution is 2.25. The maximum Gasteiger partial charge on any atom is 0.185 e. The Balaban J connectivity index is 1.56. The zero-order chi connectivity index (χ0) is 18.0. The fourth-order valence-corrected chi connectivity index (χ4v) is 3.70. The topological polar surface area (TPSA) is 48.8 Å². The molecule has 0 amide bonds. The van der Waals surface area contributed by atoms with Crippen LogP contribution in [-0.2, 0) is 6.54 Å². The average Bonchev–Trinajstić information content (AvgIpc) is 2.98. The van der Waals surface area contributed by atoms with E-state index in [9.17, 15) is 13.9 Å². The number of halogens is 2. The number of nitrogens with zero attached hydrogens (tertiary/aromatic N) is 3. The molecule has 8 heteroatoms. The predicted molar refractivity (Wildman–Crippen MR) is 93.1 cm³/mol. The molecule has 1 N–H and O–H groups in total. The predicted octanol–water partition coefficient (Wildman–Crippen LogP) is 2.50. The summed E-state index contributed by atoms with van der Waals surface area (Å²) in [7, 11) is 3.90. The van der Waals surface area contributed by atoms with Crippen LogP contribution in [0.2, 0.25) is 0 Å². The number of aliphatic hydroxyl groups excluding tert-OH is 1. The van der Waals surface area contributed by atoms with Crippen LogP contribution in [0.25, 0.3) is 0 Å². The number of benzene rings is 1. The number of aliphatic hydroxyl groups is 1. The molecule has 0 bridgehead atoms. The van der Waals surface area contributed by atoms with Crippen molar-refractivity contribution in [3.8, 4) is 5.75 Å². The second-order valence-electron chi connectivity index (χ2n) is 6.36. The lowest BCUT2D eigenvalue weighted by molar-refractivity contribution is -0.0274. The van der Waals surface area contributed by atoms with Crippen LogP contribution in [-0.4, -0.2) is 54.4 Å². The average molecular weight is 369 g/mol. The lowest BCUT2D eigenvalue weighted by atomic mass is 10.0. The van der Waals surface area contributed by atoms with Gasteiger partial charge in [-0.3, -0.25) is 4.90 Å². The number of ether oxygens (including phenoxy) is 1. The van der Waals surface area contributed by atoms with E-state index in [0.29, 0.717) is 19.5 Å². The van der Waals surface area contributed by atoms with Gasteiger partial charge in [-0.2, -0.15) is 0 Å². The highest BCUT2D eigenvalue weighted by molar-refractivity contribution is 7.15. The van der Waals surface area contributed by atoms with Crippen molar-refractivity contribution in [2.45, 2.75) is 25.2 Å². The van der Waals surface area contributed by atoms with Crippen LogP contribution in [0.3, 0.4) is 0 Å². The molecule has 2 heterocycles. The fourth-order valence-electron chi connectivity index (χ4n) is 2.83. The Morgan fingerprint density at radius 3 is 2.64 bits per heavy atom. The van der Waals surface area contributed by atoms with E-state index < -0.39 is 23.8 Å². The van der Waals surface area contributed by atoms with Gasteiger partial charge in [0.25, 0.3) is 0 Å². The standard InChI is InChI=1S/C17H21F2N3O2S/c1-21(2)17-20-8-14(25-17)9-22-4-3-16(15(23)10-22)24-13-6-11(18)5-12(19)7-13/h5-8,15-16,23H,3-4,9-10H2,1-2H3/t15-,16-/m1/s1. The van der Waals surface area contributed by atoms with E-state index in [-0.39, 0.29) is 5.75 Å². The van der Waals surface area contributed by atoms with Crippen molar-refractivity contribution >= 4 is 16.5 Å². The molecule has 0 spiro atoms. The monoisotopic (exact) mass is 369 g/mol. The SMILES string of the molecule is CN(C)c1ncc(CN2CC[C@@H](Oc3cc(F)cc(F)c3)[C@H](O)C2)s1. The molecule has 1 saturated heterocycles. The van der Waals surface area contributed by atoms with E-state index in [2.05, 4.69) is 9.88 Å². The summed E-state index contributed by atoms with van der Waals surface area (Å²) in [6.45, 7) is 1.89. The number of thiazole rings is 1. The number of hydrogen-bond donors (Lipinski definition) is 1. The van der Waals surface area contributed by atoms with Gasteiger partial charge in [0.15, 0.2) is 5.13 Å². The molecular formula is C17H21F2N3O2S. The summed E-state index contributed by atoms with van der Waals surface area (Å²) in [5.74, 6) is -1.28. The van der Waals surface area contributed by atoms with E-state index in [1.54, 1.807) is 11.3 Å². The van der Waals surface area contributed by atoms with Gasteiger partial charge in [-0.05, 0) is 6.42 Å². The van der Waals surface area contributed by atoms with Gasteiger partial charge < -0.3 is 14.7 Å². The molecule has 1 aromatic heterocycles. The molecule has 3 rings (SSSR count). The van der Waals surface area contributed by atoms with E-state index in [1.165, 1.54) is 0 Å². The van der Waals surface area contributed by atoms with Crippen LogP contribution < -0.4 is 9.64 Å². The molecule has 0 aliphatic carbocycles. The van der Waals surface area contributed by atoms with Crippen LogP contribution in [0.1, 0.15) is 11.3 Å². The Morgan fingerprint density at radius 2 is 2.04 bits per heavy atom. The van der Waals surface area contributed by atoms with E-state index >= 15 is 0 Å². The normalized spacial score (nSPS) is 21.3. The number of likely N-dealkylation sites (tertiary alicyclic amines) is 1. The van der Waals surface area contributed by atoms with E-state index in [1.807, 2.05) is 25.2 Å². The Bertz CT molecular complexity index is 705. The maximum absolute atomic E-state index is 13.2. The van der Waals surface area contributed by atoms with Crippen LogP contribution >= 0.6 is 11.3 Å². The number of piperidine rings is 1. The minimum Gasteiger partial charge on any atom is -0.487 e. The van der Waals surface area contributed by atoms with Crippen LogP contribution in [0.15, 0.2) is 24.4 Å². The van der Waals surface area contributed by atoms with Gasteiger partial charge in [0.2, 0.25) is 0 Å². The molecule has 1 aliphatic heterocycles. The highest BCUT2D eigenvalue weighted by Gasteiger charge is 2.29. The van der Waals surface area contributed by atoms with Crippen molar-refractivity contribution in [1.29, 1.82) is 0 Å². The smallest absolute Gasteiger partial charge is 0.185 e. The molecule has 25 heavy (non-hydrogen) atoms. The van der Waals surface area contributed by atoms with Gasteiger partial charge in [-0.25, -0.2) is 13.8 Å². The first-order valence-corrected chi connectivity index (χ1v) is 8.87. The Hall–Kier alpha value is -1.77. The molecule has 2 aromatic rings. The Labute approximate surface area is 149 Å². The van der Waals surface area contributed by atoms with Gasteiger partial charge in [0.1, 0.15) is 29.6 Å². The minimum atomic E-state index is -0.721. The number of β-amino-alcohol motifs (C(OH)–C–C–N with tert-alkyl or cyclic N) is 1. The zero-order valence-electron chi connectivity index (χ0n) is 14.2. The molecule has 0 saturated carbocycles. The summed E-state index contributed by atoms with van der Waals surface area (Å²) in [6, 6.07) is 3.05. The molecule has 2 atom stereocenters. The third-order valence-corrected chi connectivity index (χ3v) is 5.18. The molecule has 0 unspecified atom stereocenters. The Kier molecular flexibility index (Phi) is 5.51. The minimum absolute atomic E-state index is 0.105. The number of anilines is 1. The summed E-state index contributed by atoms with van der Waals surface area (Å²) in [5, 5.41) is 11.3. The van der Waals surface area contributed by atoms with E-state index in [4.69, 9.17) is 4.74 Å². The zero-order valence-corrected chi connectivity index (χ0v) is 15.0. The molecule has 136 valence electrons. The number of aromatic nitrogens is 1. The van der Waals surface area contributed by atoms with Crippen molar-refractivity contribution in [1.82, 2.24) is 9.88 Å². The lowest BCUT2D eigenvalue weighted by Gasteiger charge is -2.35. The van der Waals surface area contributed by atoms with Gasteiger partial charge >= 0.3 is 0 Å². The molecule has 1 aromatic carbocycles. The first kappa shape index (κ1) is 18.0. The quantitative estimate of drug-likeness (QED) is 0.878. The first-order chi connectivity index (χ1) is 11.9. The molecule has 1 aliphatic rings. The van der Waals surface area contributed by atoms with Gasteiger partial charge in [0.05, 0.1) is 0 Å². The Morgan fingerprint density at radius 1 is 1.32 bits per heavy atom. The summed E-state index contributed by atoms with van der Waals surface area (Å²) < 4.78 is 32.1. The second kappa shape index (κ2) is 7.63. The molecule has 5 nitrogen and oxygen atoms in total. The molecule has 0 radical (unpaired) electrons. The van der Waals surface area contributed by atoms with Gasteiger partial charge in [0, 0.05) is 63.0 Å². The van der Waals surface area contributed by atoms with Crippen molar-refractivity contribution in [3.05, 3.63) is 40.9 Å². The van der Waals surface area contributed by atoms with Crippen molar-refractivity contribution in [3.63, 3.8) is 0 Å². The second-order valence-corrected chi connectivity index (χ2v) is 7.45. The molecule has 1 fully saturated rings. The molecular weight excluding hydrogens is 348 g/mol.